The third-order valence-corrected chi connectivity index (χ3v) is 22.9. The molecule has 7 aliphatic rings. The summed E-state index contributed by atoms with van der Waals surface area (Å²) in [7, 11) is 0. The number of carbonyl (C=O) groups excluding carboxylic acids is 4. The van der Waals surface area contributed by atoms with Gasteiger partial charge in [0.05, 0.1) is 0 Å². The molecule has 12 rings (SSSR count). The number of nitrogens with one attached hydrogen (secondary N) is 4. The average Bonchev–Trinajstić information content (AvgIpc) is 0.790. The minimum absolute atomic E-state index is 0.202. The van der Waals surface area contributed by atoms with Gasteiger partial charge in [0, 0.05) is 140 Å². The highest BCUT2D eigenvalue weighted by Gasteiger charge is 2.39. The van der Waals surface area contributed by atoms with Crippen LogP contribution < -0.4 is 40.9 Å². The monoisotopic (exact) mass is 1380 g/mol. The second-order valence-corrected chi connectivity index (χ2v) is 31.2. The Hall–Kier alpha value is -6.30. The minimum atomic E-state index is 0.202. The van der Waals surface area contributed by atoms with Crippen molar-refractivity contribution in [2.75, 3.05) is 58.9 Å². The van der Waals surface area contributed by atoms with Crippen molar-refractivity contribution in [3.63, 3.8) is 0 Å². The molecule has 0 saturated carbocycles. The summed E-state index contributed by atoms with van der Waals surface area (Å²) in [5, 5.41) is 15.5. The number of nitrogens with zero attached hydrogens (tertiary/aromatic N) is 7. The quantitative estimate of drug-likeness (QED) is 0.0708. The molecule has 5 aromatic rings. The van der Waals surface area contributed by atoms with Crippen LogP contribution in [0.5, 0.6) is 0 Å². The van der Waals surface area contributed by atoms with Gasteiger partial charge >= 0.3 is 0 Å². The van der Waals surface area contributed by atoms with E-state index in [0.717, 1.165) is 55.0 Å². The van der Waals surface area contributed by atoms with Crippen LogP contribution >= 0.6 is 0 Å². The van der Waals surface area contributed by atoms with Crippen molar-refractivity contribution in [2.45, 2.75) is 298 Å². The molecule has 7 aliphatic heterocycles. The zero-order valence-corrected chi connectivity index (χ0v) is 64.8. The van der Waals surface area contributed by atoms with Gasteiger partial charge < -0.3 is 55.6 Å². The van der Waals surface area contributed by atoms with Gasteiger partial charge in [-0.05, 0) is 236 Å². The minimum Gasteiger partial charge on any atom is -0.309 e. The van der Waals surface area contributed by atoms with Crippen molar-refractivity contribution in [3.05, 3.63) is 155 Å². The summed E-state index contributed by atoms with van der Waals surface area (Å²) in [6, 6.07) is 48.4. The van der Waals surface area contributed by atoms with E-state index in [9.17, 15) is 19.2 Å². The molecule has 0 aliphatic carbocycles. The van der Waals surface area contributed by atoms with E-state index in [4.69, 9.17) is 0 Å². The van der Waals surface area contributed by atoms with Crippen LogP contribution in [0.25, 0.3) is 0 Å². The van der Waals surface area contributed by atoms with Gasteiger partial charge in [-0.1, -0.05) is 139 Å². The summed E-state index contributed by atoms with van der Waals surface area (Å²) in [6.07, 6.45) is 13.4. The highest BCUT2D eigenvalue weighted by atomic mass is 16.2. The molecule has 3 fully saturated rings. The molecule has 0 radical (unpaired) electrons. The van der Waals surface area contributed by atoms with Crippen molar-refractivity contribution >= 4 is 46.4 Å². The standard InChI is InChI=1S/C23H30N2O.3C21H33N3O/c1-5-23(26)25-17(4)14-21(20-8-6-7-9-22(20)25)24-15-18-10-12-19(13-11-18)16(2)3;3*1-5-21(25)24-16(4)14-19(18-8-6-7-9-20(18)24)22-17-10-12-23(13-11-17)15(2)3/h6-13,16-17,21,24H,5,14-15H2,1-4H3;3*6-9,15-17,19,22H,5,10-14H2,1-4H3/t;16-,19+;;/m.0../s1. The van der Waals surface area contributed by atoms with Gasteiger partial charge in [-0.2, -0.15) is 0 Å². The van der Waals surface area contributed by atoms with E-state index in [-0.39, 0.29) is 53.8 Å². The zero-order chi connectivity index (χ0) is 72.6. The smallest absolute Gasteiger partial charge is 0.226 e. The van der Waals surface area contributed by atoms with Crippen LogP contribution in [0.4, 0.5) is 22.7 Å². The number of carbonyl (C=O) groups is 4. The number of fused-ring (bicyclic) bond motifs is 4. The van der Waals surface area contributed by atoms with E-state index in [0.29, 0.717) is 86.0 Å². The van der Waals surface area contributed by atoms with Crippen molar-refractivity contribution in [3.8, 4) is 0 Å². The first kappa shape index (κ1) is 78.8. The summed E-state index contributed by atoms with van der Waals surface area (Å²) in [4.78, 5) is 65.4. The maximum Gasteiger partial charge on any atom is 0.226 e. The van der Waals surface area contributed by atoms with E-state index in [2.05, 4.69) is 216 Å². The molecule has 0 bridgehead atoms. The van der Waals surface area contributed by atoms with Gasteiger partial charge in [0.15, 0.2) is 0 Å². The predicted octanol–water partition coefficient (Wildman–Crippen LogP) is 16.4. The van der Waals surface area contributed by atoms with Crippen LogP contribution in [-0.4, -0.2) is 138 Å². The van der Waals surface area contributed by atoms with Crippen molar-refractivity contribution in [1.29, 1.82) is 0 Å². The van der Waals surface area contributed by atoms with E-state index in [1.807, 2.05) is 71.6 Å². The molecule has 15 heteroatoms. The summed E-state index contributed by atoms with van der Waals surface area (Å²) >= 11 is 0. The van der Waals surface area contributed by atoms with Crippen LogP contribution in [0.15, 0.2) is 121 Å². The molecule has 101 heavy (non-hydrogen) atoms. The van der Waals surface area contributed by atoms with E-state index in [1.165, 1.54) is 111 Å². The maximum absolute atomic E-state index is 12.4. The number of hydrogen-bond acceptors (Lipinski definition) is 11. The molecule has 4 N–H and O–H groups in total. The van der Waals surface area contributed by atoms with Gasteiger partial charge in [0.2, 0.25) is 23.6 Å². The largest absolute Gasteiger partial charge is 0.309 e. The molecule has 15 nitrogen and oxygen atoms in total. The Labute approximate surface area is 609 Å². The average molecular weight is 1380 g/mol. The first-order chi connectivity index (χ1) is 48.5. The zero-order valence-electron chi connectivity index (χ0n) is 64.8. The number of rotatable bonds is 17. The Bertz CT molecular complexity index is 3170. The first-order valence-corrected chi connectivity index (χ1v) is 39.5. The molecule has 7 heterocycles. The number of benzene rings is 5. The summed E-state index contributed by atoms with van der Waals surface area (Å²) in [5.41, 5.74) is 12.1. The molecule has 4 amide bonds. The molecular weight excluding hydrogens is 1250 g/mol. The molecule has 6 unspecified atom stereocenters. The molecule has 5 aromatic carbocycles. The van der Waals surface area contributed by atoms with Crippen molar-refractivity contribution < 1.29 is 19.2 Å². The van der Waals surface area contributed by atoms with Crippen molar-refractivity contribution in [1.82, 2.24) is 36.0 Å². The Morgan fingerprint density at radius 2 is 0.604 bits per heavy atom. The molecule has 0 aromatic heterocycles. The van der Waals surface area contributed by atoms with Crippen LogP contribution in [0, 0.1) is 0 Å². The van der Waals surface area contributed by atoms with E-state index < -0.39 is 0 Å². The van der Waals surface area contributed by atoms with Crippen LogP contribution in [0.1, 0.15) is 264 Å². The fourth-order valence-electron chi connectivity index (χ4n) is 17.0. The molecule has 0 spiro atoms. The van der Waals surface area contributed by atoms with Crippen molar-refractivity contribution in [2.24, 2.45) is 0 Å². The lowest BCUT2D eigenvalue weighted by Gasteiger charge is -2.42. The second kappa shape index (κ2) is 37.4. The number of amides is 4. The number of hydrogen-bond donors (Lipinski definition) is 4. The topological polar surface area (TPSA) is 139 Å². The second-order valence-electron chi connectivity index (χ2n) is 31.2. The number of anilines is 4. The van der Waals surface area contributed by atoms with Gasteiger partial charge in [-0.25, -0.2) is 0 Å². The summed E-state index contributed by atoms with van der Waals surface area (Å²) < 4.78 is 0. The fourth-order valence-corrected chi connectivity index (χ4v) is 17.0. The Kier molecular flexibility index (Phi) is 29.2. The third kappa shape index (κ3) is 20.0. The van der Waals surface area contributed by atoms with Gasteiger partial charge in [0.25, 0.3) is 0 Å². The molecule has 552 valence electrons. The molecule has 3 saturated heterocycles. The van der Waals surface area contributed by atoms with Crippen LogP contribution in [0.2, 0.25) is 0 Å². The summed E-state index contributed by atoms with van der Waals surface area (Å²) in [5.74, 6) is 1.44. The lowest BCUT2D eigenvalue weighted by Crippen LogP contribution is -2.49. The third-order valence-electron chi connectivity index (χ3n) is 22.9. The lowest BCUT2D eigenvalue weighted by molar-refractivity contribution is -0.119. The molecule has 8 atom stereocenters. The highest BCUT2D eigenvalue weighted by Crippen LogP contribution is 2.42. The van der Waals surface area contributed by atoms with Gasteiger partial charge in [-0.3, -0.25) is 19.2 Å². The highest BCUT2D eigenvalue weighted by molar-refractivity contribution is 5.97. The number of piperidine rings is 3. The SMILES string of the molecule is CCC(=O)N1c2ccccc2C(NC2CCN(C(C)C)CC2)CC1C.CCC(=O)N1c2ccccc2C(NC2CCN(C(C)C)CC2)CC1C.CCC(=O)N1c2ccccc2C(NCc2ccc(C(C)C)cc2)CC1C.CCC(=O)N1c2ccccc2[C@H](NC2CCN(C(C)C)CC2)C[C@@H]1C. The van der Waals surface area contributed by atoms with Gasteiger partial charge in [-0.15, -0.1) is 0 Å². The Morgan fingerprint density at radius 3 is 0.851 bits per heavy atom. The lowest BCUT2D eigenvalue weighted by atomic mass is 9.90. The first-order valence-electron chi connectivity index (χ1n) is 39.5. The van der Waals surface area contributed by atoms with Crippen LogP contribution in [0.3, 0.4) is 0 Å². The number of para-hydroxylation sites is 4. The predicted molar refractivity (Wildman–Crippen MR) is 420 cm³/mol. The summed E-state index contributed by atoms with van der Waals surface area (Å²) in [6.45, 7) is 42.5. The Morgan fingerprint density at radius 1 is 0.356 bits per heavy atom. The Balaban J connectivity index is 0.000000157. The normalized spacial score (nSPS) is 23.8. The number of likely N-dealkylation sites (tertiary alicyclic amines) is 3. The van der Waals surface area contributed by atoms with E-state index >= 15 is 0 Å². The van der Waals surface area contributed by atoms with E-state index in [1.54, 1.807) is 0 Å². The maximum atomic E-state index is 12.4. The van der Waals surface area contributed by atoms with Crippen LogP contribution in [-0.2, 0) is 25.7 Å². The fraction of sp³-hybridized carbons (Fsp3) is 0.605. The molecular formula is C86H129N11O4. The van der Waals surface area contributed by atoms with Gasteiger partial charge in [0.1, 0.15) is 0 Å².